The van der Waals surface area contributed by atoms with E-state index in [9.17, 15) is 4.79 Å². The van der Waals surface area contributed by atoms with E-state index in [2.05, 4.69) is 46.8 Å². The molecule has 1 aromatic heterocycles. The van der Waals surface area contributed by atoms with Crippen LogP contribution in [-0.4, -0.2) is 19.0 Å². The van der Waals surface area contributed by atoms with Gasteiger partial charge in [0.05, 0.1) is 6.54 Å². The number of amides is 1. The van der Waals surface area contributed by atoms with Crippen molar-refractivity contribution in [1.29, 1.82) is 0 Å². The molecule has 4 nitrogen and oxygen atoms in total. The summed E-state index contributed by atoms with van der Waals surface area (Å²) in [4.78, 5) is 16.5. The van der Waals surface area contributed by atoms with Gasteiger partial charge in [0.15, 0.2) is 0 Å². The van der Waals surface area contributed by atoms with Gasteiger partial charge in [0.1, 0.15) is 12.1 Å². The standard InChI is InChI=1S/C23H29N3O/c1-15-8-19-4-2-3-5-20(19)26-21(15)24-6-7-25-22(27)23-12-16-9-17(13-23)11-18(10-16)14-23/h2-5,8,16-18H,6-7,9-14H2,1H3,(H,24,26)(H,25,27)/p+1. The van der Waals surface area contributed by atoms with Crippen molar-refractivity contribution in [3.8, 4) is 0 Å². The van der Waals surface area contributed by atoms with E-state index in [1.54, 1.807) is 0 Å². The second-order valence-corrected chi connectivity index (χ2v) is 9.30. The quantitative estimate of drug-likeness (QED) is 0.795. The summed E-state index contributed by atoms with van der Waals surface area (Å²) in [5.74, 6) is 3.81. The maximum absolute atomic E-state index is 13.0. The summed E-state index contributed by atoms with van der Waals surface area (Å²) < 4.78 is 0. The summed E-state index contributed by atoms with van der Waals surface area (Å²) in [5.41, 5.74) is 2.28. The average Bonchev–Trinajstić information content (AvgIpc) is 2.64. The monoisotopic (exact) mass is 364 g/mol. The maximum Gasteiger partial charge on any atom is 0.275 e. The van der Waals surface area contributed by atoms with Crippen LogP contribution in [0.25, 0.3) is 10.9 Å². The summed E-state index contributed by atoms with van der Waals surface area (Å²) in [5, 5.41) is 7.93. The number of carbonyl (C=O) groups is 1. The third kappa shape index (κ3) is 3.09. The molecule has 142 valence electrons. The predicted molar refractivity (Wildman–Crippen MR) is 107 cm³/mol. The number of aromatic amines is 1. The highest BCUT2D eigenvalue weighted by Gasteiger charge is 2.54. The minimum absolute atomic E-state index is 0.0419. The number of rotatable bonds is 5. The third-order valence-electron chi connectivity index (χ3n) is 7.22. The van der Waals surface area contributed by atoms with Gasteiger partial charge >= 0.3 is 0 Å². The molecule has 0 aliphatic heterocycles. The molecular formula is C23H30N3O+. The second kappa shape index (κ2) is 6.50. The average molecular weight is 365 g/mol. The van der Waals surface area contributed by atoms with Crippen LogP contribution in [0, 0.1) is 30.1 Å². The summed E-state index contributed by atoms with van der Waals surface area (Å²) >= 11 is 0. The van der Waals surface area contributed by atoms with Gasteiger partial charge in [-0.3, -0.25) is 10.1 Å². The van der Waals surface area contributed by atoms with E-state index in [1.165, 1.54) is 30.2 Å². The van der Waals surface area contributed by atoms with Crippen LogP contribution < -0.4 is 15.6 Å². The smallest absolute Gasteiger partial charge is 0.275 e. The Balaban J connectivity index is 1.18. The first-order valence-electron chi connectivity index (χ1n) is 10.6. The molecule has 2 aromatic rings. The number of aryl methyl sites for hydroxylation is 1. The van der Waals surface area contributed by atoms with E-state index in [0.29, 0.717) is 12.5 Å². The first-order valence-corrected chi connectivity index (χ1v) is 10.6. The lowest BCUT2D eigenvalue weighted by atomic mass is 9.49. The summed E-state index contributed by atoms with van der Waals surface area (Å²) in [6.45, 7) is 3.54. The minimum Gasteiger partial charge on any atom is -0.352 e. The lowest BCUT2D eigenvalue weighted by molar-refractivity contribution is -0.327. The normalized spacial score (nSPS) is 31.2. The number of aromatic nitrogens is 1. The first-order chi connectivity index (χ1) is 13.1. The van der Waals surface area contributed by atoms with Gasteiger partial charge in [0.2, 0.25) is 5.91 Å². The molecular weight excluding hydrogens is 334 g/mol. The van der Waals surface area contributed by atoms with Crippen LogP contribution in [0.1, 0.15) is 44.1 Å². The Morgan fingerprint density at radius 2 is 1.74 bits per heavy atom. The van der Waals surface area contributed by atoms with E-state index in [4.69, 9.17) is 0 Å². The van der Waals surface area contributed by atoms with Gasteiger partial charge in [0, 0.05) is 16.4 Å². The number of carbonyl (C=O) groups excluding carboxylic acids is 1. The number of para-hydroxylation sites is 1. The third-order valence-corrected chi connectivity index (χ3v) is 7.22. The molecule has 1 aromatic carbocycles. The van der Waals surface area contributed by atoms with Crippen molar-refractivity contribution in [2.24, 2.45) is 23.2 Å². The van der Waals surface area contributed by atoms with E-state index in [0.717, 1.165) is 54.9 Å². The Labute approximate surface area is 161 Å². The fraction of sp³-hybridized carbons (Fsp3) is 0.565. The number of hydrogen-bond donors (Lipinski definition) is 2. The van der Waals surface area contributed by atoms with Crippen molar-refractivity contribution in [2.45, 2.75) is 45.4 Å². The number of anilines is 1. The molecule has 1 heterocycles. The molecule has 0 radical (unpaired) electrons. The molecule has 6 rings (SSSR count). The number of fused-ring (bicyclic) bond motifs is 1. The van der Waals surface area contributed by atoms with Crippen LogP contribution in [0.2, 0.25) is 0 Å². The van der Waals surface area contributed by atoms with Gasteiger partial charge in [-0.2, -0.15) is 0 Å². The van der Waals surface area contributed by atoms with E-state index < -0.39 is 0 Å². The number of benzene rings is 1. The molecule has 4 bridgehead atoms. The van der Waals surface area contributed by atoms with Gasteiger partial charge in [-0.05, 0) is 75.3 Å². The Morgan fingerprint density at radius 1 is 1.07 bits per heavy atom. The van der Waals surface area contributed by atoms with Crippen molar-refractivity contribution in [1.82, 2.24) is 5.32 Å². The van der Waals surface area contributed by atoms with Crippen molar-refractivity contribution in [2.75, 3.05) is 18.4 Å². The van der Waals surface area contributed by atoms with Gasteiger partial charge in [0.25, 0.3) is 5.82 Å². The van der Waals surface area contributed by atoms with Crippen molar-refractivity contribution in [3.05, 3.63) is 35.9 Å². The first kappa shape index (κ1) is 17.0. The van der Waals surface area contributed by atoms with Crippen LogP contribution in [-0.2, 0) is 4.79 Å². The predicted octanol–water partition coefficient (Wildman–Crippen LogP) is 3.71. The van der Waals surface area contributed by atoms with Gasteiger partial charge in [-0.25, -0.2) is 4.98 Å². The van der Waals surface area contributed by atoms with Gasteiger partial charge < -0.3 is 5.32 Å². The van der Waals surface area contributed by atoms with E-state index in [1.807, 2.05) is 6.07 Å². The van der Waals surface area contributed by atoms with Crippen LogP contribution in [0.5, 0.6) is 0 Å². The molecule has 0 atom stereocenters. The molecule has 4 aliphatic rings. The van der Waals surface area contributed by atoms with Gasteiger partial charge in [-0.1, -0.05) is 18.2 Å². The van der Waals surface area contributed by atoms with E-state index in [-0.39, 0.29) is 5.41 Å². The largest absolute Gasteiger partial charge is 0.352 e. The highest BCUT2D eigenvalue weighted by molar-refractivity contribution is 5.83. The lowest BCUT2D eigenvalue weighted by Crippen LogP contribution is -2.54. The highest BCUT2D eigenvalue weighted by atomic mass is 16.2. The molecule has 27 heavy (non-hydrogen) atoms. The fourth-order valence-electron chi connectivity index (χ4n) is 6.40. The SMILES string of the molecule is Cc1cc2ccccc2[nH+]c1NCCNC(=O)C12CC3CC(CC(C3)C1)C2. The van der Waals surface area contributed by atoms with Crippen molar-refractivity contribution in [3.63, 3.8) is 0 Å². The molecule has 4 fully saturated rings. The Morgan fingerprint density at radius 3 is 2.44 bits per heavy atom. The molecule has 0 spiro atoms. The maximum atomic E-state index is 13.0. The van der Waals surface area contributed by atoms with Crippen LogP contribution in [0.15, 0.2) is 30.3 Å². The van der Waals surface area contributed by atoms with Crippen LogP contribution in [0.3, 0.4) is 0 Å². The zero-order chi connectivity index (χ0) is 18.4. The number of hydrogen-bond acceptors (Lipinski definition) is 2. The zero-order valence-corrected chi connectivity index (χ0v) is 16.2. The molecule has 1 amide bonds. The molecule has 0 saturated heterocycles. The zero-order valence-electron chi connectivity index (χ0n) is 16.2. The van der Waals surface area contributed by atoms with Crippen LogP contribution in [0.4, 0.5) is 5.82 Å². The summed E-state index contributed by atoms with van der Waals surface area (Å²) in [6, 6.07) is 10.5. The van der Waals surface area contributed by atoms with Crippen molar-refractivity contribution >= 4 is 22.6 Å². The summed E-state index contributed by atoms with van der Waals surface area (Å²) in [7, 11) is 0. The molecule has 4 aliphatic carbocycles. The fourth-order valence-corrected chi connectivity index (χ4v) is 6.40. The Kier molecular flexibility index (Phi) is 4.10. The topological polar surface area (TPSA) is 55.3 Å². The lowest BCUT2D eigenvalue weighted by Gasteiger charge is -2.55. The Hall–Kier alpha value is -2.10. The minimum atomic E-state index is -0.0419. The number of H-pyrrole nitrogens is 1. The molecule has 0 unspecified atom stereocenters. The Bertz CT molecular complexity index is 840. The molecule has 4 heteroatoms. The van der Waals surface area contributed by atoms with Crippen molar-refractivity contribution < 1.29 is 9.78 Å². The number of pyridine rings is 1. The van der Waals surface area contributed by atoms with E-state index >= 15 is 0 Å². The molecule has 3 N–H and O–H groups in total. The van der Waals surface area contributed by atoms with Gasteiger partial charge in [-0.15, -0.1) is 0 Å². The highest BCUT2D eigenvalue weighted by Crippen LogP contribution is 2.60. The molecule has 4 saturated carbocycles. The number of nitrogens with one attached hydrogen (secondary N) is 3. The second-order valence-electron chi connectivity index (χ2n) is 9.30. The van der Waals surface area contributed by atoms with Crippen LogP contribution >= 0.6 is 0 Å². The summed E-state index contributed by atoms with van der Waals surface area (Å²) in [6.07, 6.45) is 7.54.